The van der Waals surface area contributed by atoms with Crippen LogP contribution in [-0.4, -0.2) is 20.7 Å². The molecule has 0 saturated heterocycles. The molecule has 3 heterocycles. The van der Waals surface area contributed by atoms with E-state index < -0.39 is 0 Å². The molecule has 0 saturated carbocycles. The summed E-state index contributed by atoms with van der Waals surface area (Å²) in [5, 5.41) is 16.2. The van der Waals surface area contributed by atoms with Crippen molar-refractivity contribution in [3.8, 4) is 22.5 Å². The van der Waals surface area contributed by atoms with Crippen molar-refractivity contribution < 1.29 is 4.42 Å². The molecule has 0 aliphatic rings. The maximum Gasteiger partial charge on any atom is 0.159 e. The number of furan rings is 1. The summed E-state index contributed by atoms with van der Waals surface area (Å²) in [4.78, 5) is 5.10. The molecule has 12 rings (SSSR count). The molecule has 296 valence electrons. The van der Waals surface area contributed by atoms with E-state index >= 15 is 0 Å². The van der Waals surface area contributed by atoms with Crippen molar-refractivity contribution in [3.63, 3.8) is 0 Å². The van der Waals surface area contributed by atoms with Crippen LogP contribution in [0.15, 0.2) is 228 Å². The molecule has 0 radical (unpaired) electrons. The molecule has 3 aromatic heterocycles. The molecule has 0 spiro atoms. The summed E-state index contributed by atoms with van der Waals surface area (Å²) in [6.45, 7) is 0. The van der Waals surface area contributed by atoms with Crippen LogP contribution in [0.25, 0.3) is 94.1 Å². The number of aromatic nitrogens is 2. The van der Waals surface area contributed by atoms with E-state index in [0.29, 0.717) is 16.9 Å². The molecule has 0 bridgehead atoms. The van der Waals surface area contributed by atoms with E-state index in [1.165, 1.54) is 16.3 Å². The summed E-state index contributed by atoms with van der Waals surface area (Å²) in [5.74, 6) is 0.153. The molecule has 5 heteroatoms. The van der Waals surface area contributed by atoms with Gasteiger partial charge in [0.1, 0.15) is 5.58 Å². The van der Waals surface area contributed by atoms with Crippen LogP contribution < -0.4 is 0 Å². The van der Waals surface area contributed by atoms with E-state index in [4.69, 9.17) is 9.41 Å². The highest BCUT2D eigenvalue weighted by molar-refractivity contribution is 6.24. The smallest absolute Gasteiger partial charge is 0.159 e. The lowest BCUT2D eigenvalue weighted by atomic mass is 10.00. The Hall–Kier alpha value is -8.54. The molecule has 9 aromatic carbocycles. The first-order valence-electron chi connectivity index (χ1n) is 21.2. The second-order valence-corrected chi connectivity index (χ2v) is 15.9. The molecule has 0 aliphatic carbocycles. The number of hydrogen-bond donors (Lipinski definition) is 1. The van der Waals surface area contributed by atoms with E-state index in [0.717, 1.165) is 77.3 Å². The van der Waals surface area contributed by atoms with Gasteiger partial charge in [-0.2, -0.15) is 0 Å². The van der Waals surface area contributed by atoms with Crippen LogP contribution in [0.2, 0.25) is 0 Å². The highest BCUT2D eigenvalue weighted by atomic mass is 16.3. The Bertz CT molecular complexity index is 3790. The number of benzene rings is 9. The van der Waals surface area contributed by atoms with E-state index in [-0.39, 0.29) is 5.84 Å². The zero-order chi connectivity index (χ0) is 41.9. The molecule has 1 N–H and O–H groups in total. The van der Waals surface area contributed by atoms with Gasteiger partial charge in [0.05, 0.1) is 33.5 Å². The molecule has 0 amide bonds. The van der Waals surface area contributed by atoms with Crippen molar-refractivity contribution in [3.05, 3.63) is 235 Å². The Morgan fingerprint density at radius 1 is 0.476 bits per heavy atom. The van der Waals surface area contributed by atoms with Gasteiger partial charge in [0.2, 0.25) is 0 Å². The molecule has 0 atom stereocenters. The largest absolute Gasteiger partial charge is 0.454 e. The molecular weight excluding hydrogens is 769 g/mol. The Kier molecular flexibility index (Phi) is 8.57. The van der Waals surface area contributed by atoms with Gasteiger partial charge in [0.25, 0.3) is 0 Å². The number of para-hydroxylation sites is 4. The number of allylic oxidation sites excluding steroid dienone is 1. The fraction of sp³-hybridized carbons (Fsp3) is 0. The lowest BCUT2D eigenvalue weighted by Crippen LogP contribution is -2.04. The summed E-state index contributed by atoms with van der Waals surface area (Å²) in [5.41, 5.74) is 13.6. The monoisotopic (exact) mass is 806 g/mol. The van der Waals surface area contributed by atoms with Gasteiger partial charge < -0.3 is 13.6 Å². The van der Waals surface area contributed by atoms with Crippen molar-refractivity contribution in [1.29, 1.82) is 5.41 Å². The first-order chi connectivity index (χ1) is 31.2. The average molecular weight is 807 g/mol. The minimum atomic E-state index is 0.153. The Morgan fingerprint density at radius 2 is 1.06 bits per heavy atom. The summed E-state index contributed by atoms with van der Waals surface area (Å²) < 4.78 is 11.6. The van der Waals surface area contributed by atoms with Crippen LogP contribution in [-0.2, 0) is 0 Å². The third kappa shape index (κ3) is 6.09. The van der Waals surface area contributed by atoms with Crippen molar-refractivity contribution in [2.45, 2.75) is 0 Å². The number of aliphatic imine (C=N–C) groups is 1. The fourth-order valence-corrected chi connectivity index (χ4v) is 9.36. The average Bonchev–Trinajstić information content (AvgIpc) is 4.00. The lowest BCUT2D eigenvalue weighted by molar-refractivity contribution is 0.666. The maximum absolute atomic E-state index is 9.65. The topological polar surface area (TPSA) is 59.2 Å². The lowest BCUT2D eigenvalue weighted by Gasteiger charge is -2.10. The van der Waals surface area contributed by atoms with Gasteiger partial charge in [-0.05, 0) is 77.4 Å². The van der Waals surface area contributed by atoms with Crippen molar-refractivity contribution >= 4 is 83.2 Å². The van der Waals surface area contributed by atoms with Crippen LogP contribution in [0.3, 0.4) is 0 Å². The first-order valence-corrected chi connectivity index (χ1v) is 21.2. The molecule has 0 aliphatic heterocycles. The summed E-state index contributed by atoms with van der Waals surface area (Å²) in [7, 11) is 0. The standard InChI is InChI=1S/C58H38N4O/c59-58(60-49(34-33-38-17-4-1-5-18-38)41-22-14-21-40(35-41)39-19-6-2-7-20-39)46-28-16-32-55-56(46)45-27-15-31-52(57(45)63-55)62-51-30-13-11-26-44(51)48-36-53-47(37-54(48)62)43-25-10-12-29-50(43)61(53)42-23-8-3-9-24-42/h1-37,59H/b34-33+,59-58?,60-49?. The third-order valence-corrected chi connectivity index (χ3v) is 12.2. The Morgan fingerprint density at radius 3 is 1.81 bits per heavy atom. The maximum atomic E-state index is 9.65. The van der Waals surface area contributed by atoms with Crippen LogP contribution >= 0.6 is 0 Å². The van der Waals surface area contributed by atoms with Crippen molar-refractivity contribution in [2.75, 3.05) is 0 Å². The van der Waals surface area contributed by atoms with E-state index in [1.54, 1.807) is 0 Å². The molecular formula is C58H38N4O. The quantitative estimate of drug-likeness (QED) is 0.127. The van der Waals surface area contributed by atoms with E-state index in [9.17, 15) is 5.41 Å². The van der Waals surface area contributed by atoms with Gasteiger partial charge in [-0.3, -0.25) is 5.41 Å². The number of hydrogen-bond acceptors (Lipinski definition) is 2. The van der Waals surface area contributed by atoms with Gasteiger partial charge in [0.15, 0.2) is 11.4 Å². The van der Waals surface area contributed by atoms with Gasteiger partial charge in [0, 0.05) is 49.1 Å². The Labute approximate surface area is 363 Å². The molecule has 0 fully saturated rings. The molecule has 63 heavy (non-hydrogen) atoms. The van der Waals surface area contributed by atoms with Gasteiger partial charge in [-0.15, -0.1) is 0 Å². The van der Waals surface area contributed by atoms with Gasteiger partial charge in [-0.25, -0.2) is 4.99 Å². The number of rotatable bonds is 7. The van der Waals surface area contributed by atoms with Crippen LogP contribution in [0.5, 0.6) is 0 Å². The predicted octanol–water partition coefficient (Wildman–Crippen LogP) is 15.0. The Balaban J connectivity index is 1.04. The van der Waals surface area contributed by atoms with Crippen LogP contribution in [0, 0.1) is 5.41 Å². The highest BCUT2D eigenvalue weighted by Gasteiger charge is 2.22. The molecule has 0 unspecified atom stereocenters. The van der Waals surface area contributed by atoms with E-state index in [1.807, 2.05) is 48.5 Å². The molecule has 12 aromatic rings. The first kappa shape index (κ1) is 36.3. The second kappa shape index (κ2) is 14.9. The summed E-state index contributed by atoms with van der Waals surface area (Å²) in [6.07, 6.45) is 4.07. The number of nitrogens with one attached hydrogen (secondary N) is 1. The third-order valence-electron chi connectivity index (χ3n) is 12.2. The van der Waals surface area contributed by atoms with Crippen molar-refractivity contribution in [1.82, 2.24) is 9.13 Å². The SMILES string of the molecule is N=C(N=C(/C=C/c1ccccc1)c1cccc(-c2ccccc2)c1)c1cccc2oc3c(-n4c5ccccc5c5cc6c(cc54)c4ccccc4n6-c4ccccc4)cccc3c12. The van der Waals surface area contributed by atoms with Crippen LogP contribution in [0.4, 0.5) is 0 Å². The summed E-state index contributed by atoms with van der Waals surface area (Å²) in [6, 6.07) is 73.8. The number of nitrogens with zero attached hydrogens (tertiary/aromatic N) is 3. The van der Waals surface area contributed by atoms with Gasteiger partial charge >= 0.3 is 0 Å². The number of amidine groups is 1. The zero-order valence-corrected chi connectivity index (χ0v) is 34.1. The predicted molar refractivity (Wildman–Crippen MR) is 263 cm³/mol. The highest BCUT2D eigenvalue weighted by Crippen LogP contribution is 2.42. The van der Waals surface area contributed by atoms with Crippen molar-refractivity contribution in [2.24, 2.45) is 4.99 Å². The zero-order valence-electron chi connectivity index (χ0n) is 34.1. The number of fused-ring (bicyclic) bond motifs is 9. The second-order valence-electron chi connectivity index (χ2n) is 15.9. The van der Waals surface area contributed by atoms with Crippen LogP contribution in [0.1, 0.15) is 16.7 Å². The fourth-order valence-electron chi connectivity index (χ4n) is 9.36. The minimum Gasteiger partial charge on any atom is -0.454 e. The normalized spacial score (nSPS) is 12.2. The molecule has 5 nitrogen and oxygen atoms in total. The van der Waals surface area contributed by atoms with E-state index in [2.05, 4.69) is 185 Å². The minimum absolute atomic E-state index is 0.153. The summed E-state index contributed by atoms with van der Waals surface area (Å²) >= 11 is 0. The van der Waals surface area contributed by atoms with Gasteiger partial charge in [-0.1, -0.05) is 164 Å².